The van der Waals surface area contributed by atoms with Gasteiger partial charge in [-0.05, 0) is 48.1 Å². The van der Waals surface area contributed by atoms with Crippen LogP contribution in [0.2, 0.25) is 0 Å². The van der Waals surface area contributed by atoms with Crippen molar-refractivity contribution in [1.82, 2.24) is 9.97 Å². The Kier molecular flexibility index (Phi) is 7.68. The summed E-state index contributed by atoms with van der Waals surface area (Å²) in [5, 5.41) is 0. The zero-order valence-corrected chi connectivity index (χ0v) is 21.6. The number of hydrogen-bond acceptors (Lipinski definition) is 7. The van der Waals surface area contributed by atoms with E-state index in [2.05, 4.69) is 14.7 Å². The van der Waals surface area contributed by atoms with E-state index >= 15 is 0 Å². The standard InChI is InChI=1S/C30H26F3N3O4/c1-39-28(38)22-9-7-20(8-10-22)23-11-12-24(34-18-23)17-25(37)26-27(30(31,32)33)35-29(40-26)36-15-13-21(14-16-36)19-5-3-2-4-6-19/h2-12,18,21H,13-17H2,1H3. The first-order valence-corrected chi connectivity index (χ1v) is 12.8. The van der Waals surface area contributed by atoms with Gasteiger partial charge in [-0.25, -0.2) is 4.79 Å². The third-order valence-electron chi connectivity index (χ3n) is 6.98. The number of alkyl halides is 3. The van der Waals surface area contributed by atoms with E-state index in [1.807, 2.05) is 30.3 Å². The van der Waals surface area contributed by atoms with Crippen molar-refractivity contribution < 1.29 is 31.9 Å². The lowest BCUT2D eigenvalue weighted by Crippen LogP contribution is -2.33. The maximum absolute atomic E-state index is 13.8. The summed E-state index contributed by atoms with van der Waals surface area (Å²) < 4.78 is 51.6. The van der Waals surface area contributed by atoms with Crippen molar-refractivity contribution in [2.24, 2.45) is 0 Å². The van der Waals surface area contributed by atoms with Gasteiger partial charge < -0.3 is 14.1 Å². The maximum Gasteiger partial charge on any atom is 0.437 e. The summed E-state index contributed by atoms with van der Waals surface area (Å²) in [6.07, 6.45) is -2.24. The van der Waals surface area contributed by atoms with Gasteiger partial charge in [0, 0.05) is 30.5 Å². The molecule has 2 aromatic heterocycles. The summed E-state index contributed by atoms with van der Waals surface area (Å²) in [5.41, 5.74) is 2.04. The Bertz CT molecular complexity index is 1480. The minimum Gasteiger partial charge on any atom is -0.465 e. The van der Waals surface area contributed by atoms with Gasteiger partial charge >= 0.3 is 12.1 Å². The maximum atomic E-state index is 13.8. The molecule has 0 amide bonds. The van der Waals surface area contributed by atoms with Gasteiger partial charge in [0.25, 0.3) is 6.01 Å². The van der Waals surface area contributed by atoms with Crippen molar-refractivity contribution in [2.45, 2.75) is 31.4 Å². The fourth-order valence-electron chi connectivity index (χ4n) is 4.82. The number of nitrogens with zero attached hydrogens (tertiary/aromatic N) is 3. The molecule has 0 radical (unpaired) electrons. The monoisotopic (exact) mass is 549 g/mol. The molecule has 7 nitrogen and oxygen atoms in total. The van der Waals surface area contributed by atoms with E-state index in [4.69, 9.17) is 4.42 Å². The van der Waals surface area contributed by atoms with Gasteiger partial charge in [-0.3, -0.25) is 9.78 Å². The van der Waals surface area contributed by atoms with Gasteiger partial charge in [-0.2, -0.15) is 18.2 Å². The molecule has 1 aliphatic heterocycles. The van der Waals surface area contributed by atoms with E-state index in [0.29, 0.717) is 30.1 Å². The minimum absolute atomic E-state index is 0.194. The molecule has 5 rings (SSSR count). The first-order chi connectivity index (χ1) is 19.2. The second kappa shape index (κ2) is 11.3. The van der Waals surface area contributed by atoms with Crippen LogP contribution in [0.4, 0.5) is 19.2 Å². The number of ether oxygens (including phenoxy) is 1. The second-order valence-electron chi connectivity index (χ2n) is 9.55. The molecule has 0 bridgehead atoms. The number of piperidine rings is 1. The molecule has 1 fully saturated rings. The SMILES string of the molecule is COC(=O)c1ccc(-c2ccc(CC(=O)c3oc(N4CCC(c5ccccc5)CC4)nc3C(F)(F)F)nc2)cc1. The average molecular weight is 550 g/mol. The lowest BCUT2D eigenvalue weighted by atomic mass is 9.90. The van der Waals surface area contributed by atoms with Crippen molar-refractivity contribution in [3.8, 4) is 11.1 Å². The molecule has 1 saturated heterocycles. The number of pyridine rings is 1. The highest BCUT2D eigenvalue weighted by atomic mass is 19.4. The van der Waals surface area contributed by atoms with Crippen LogP contribution in [0.5, 0.6) is 0 Å². The van der Waals surface area contributed by atoms with E-state index in [1.54, 1.807) is 41.3 Å². The summed E-state index contributed by atoms with van der Waals surface area (Å²) >= 11 is 0. The molecule has 10 heteroatoms. The van der Waals surface area contributed by atoms with Crippen molar-refractivity contribution in [1.29, 1.82) is 0 Å². The molecule has 4 aromatic rings. The van der Waals surface area contributed by atoms with Crippen molar-refractivity contribution in [3.63, 3.8) is 0 Å². The fraction of sp³-hybridized carbons (Fsp3) is 0.267. The Hall–Kier alpha value is -4.47. The second-order valence-corrected chi connectivity index (χ2v) is 9.55. The number of carbonyl (C=O) groups excluding carboxylic acids is 2. The largest absolute Gasteiger partial charge is 0.465 e. The van der Waals surface area contributed by atoms with Crippen molar-refractivity contribution >= 4 is 17.8 Å². The predicted octanol–water partition coefficient (Wildman–Crippen LogP) is 6.35. The zero-order chi connectivity index (χ0) is 28.3. The average Bonchev–Trinajstić information content (AvgIpc) is 3.45. The number of esters is 1. The molecule has 1 aliphatic rings. The third kappa shape index (κ3) is 5.90. The van der Waals surface area contributed by atoms with Crippen LogP contribution in [0, 0.1) is 0 Å². The number of methoxy groups -OCH3 is 1. The molecular weight excluding hydrogens is 523 g/mol. The molecule has 0 unspecified atom stereocenters. The minimum atomic E-state index is -4.84. The number of rotatable bonds is 7. The van der Waals surface area contributed by atoms with E-state index < -0.39 is 29.4 Å². The number of carbonyl (C=O) groups is 2. The lowest BCUT2D eigenvalue weighted by molar-refractivity contribution is -0.141. The quantitative estimate of drug-likeness (QED) is 0.196. The Morgan fingerprint density at radius 1 is 0.975 bits per heavy atom. The number of anilines is 1. The van der Waals surface area contributed by atoms with Gasteiger partial charge in [0.15, 0.2) is 5.69 Å². The number of Topliss-reactive ketones (excluding diaryl/α,β-unsaturated/α-hetero) is 1. The van der Waals surface area contributed by atoms with Crippen molar-refractivity contribution in [3.05, 3.63) is 101 Å². The Morgan fingerprint density at radius 3 is 2.25 bits per heavy atom. The van der Waals surface area contributed by atoms with Crippen LogP contribution in [0.15, 0.2) is 77.3 Å². The molecule has 2 aromatic carbocycles. The lowest BCUT2D eigenvalue weighted by Gasteiger charge is -2.31. The van der Waals surface area contributed by atoms with E-state index in [9.17, 15) is 22.8 Å². The number of halogens is 3. The topological polar surface area (TPSA) is 85.5 Å². The van der Waals surface area contributed by atoms with E-state index in [0.717, 1.165) is 18.4 Å². The van der Waals surface area contributed by atoms with Crippen LogP contribution >= 0.6 is 0 Å². The normalized spacial score (nSPS) is 14.2. The van der Waals surface area contributed by atoms with Crippen LogP contribution in [0.1, 0.15) is 56.6 Å². The number of aromatic nitrogens is 2. The summed E-state index contributed by atoms with van der Waals surface area (Å²) in [5.74, 6) is -1.82. The Balaban J connectivity index is 1.29. The first kappa shape index (κ1) is 27.1. The smallest absolute Gasteiger partial charge is 0.437 e. The third-order valence-corrected chi connectivity index (χ3v) is 6.98. The number of hydrogen-bond donors (Lipinski definition) is 0. The van der Waals surface area contributed by atoms with E-state index in [1.165, 1.54) is 18.9 Å². The van der Waals surface area contributed by atoms with Gasteiger partial charge in [-0.15, -0.1) is 0 Å². The summed E-state index contributed by atoms with van der Waals surface area (Å²) in [7, 11) is 1.30. The number of ketones is 1. The van der Waals surface area contributed by atoms with Crippen LogP contribution < -0.4 is 4.90 Å². The summed E-state index contributed by atoms with van der Waals surface area (Å²) in [6, 6.07) is 19.7. The highest BCUT2D eigenvalue weighted by molar-refractivity contribution is 5.96. The molecule has 3 heterocycles. The molecule has 40 heavy (non-hydrogen) atoms. The number of oxazole rings is 1. The van der Waals surface area contributed by atoms with Crippen LogP contribution in [-0.2, 0) is 17.3 Å². The summed E-state index contributed by atoms with van der Waals surface area (Å²) in [6.45, 7) is 0.934. The predicted molar refractivity (Wildman–Crippen MR) is 141 cm³/mol. The molecule has 0 aliphatic carbocycles. The zero-order valence-electron chi connectivity index (χ0n) is 21.6. The van der Waals surface area contributed by atoms with Gasteiger partial charge in [-0.1, -0.05) is 48.5 Å². The van der Waals surface area contributed by atoms with Crippen molar-refractivity contribution in [2.75, 3.05) is 25.1 Å². The highest BCUT2D eigenvalue weighted by Gasteiger charge is 2.42. The highest BCUT2D eigenvalue weighted by Crippen LogP contribution is 2.36. The van der Waals surface area contributed by atoms with Crippen LogP contribution in [-0.4, -0.2) is 41.9 Å². The molecule has 206 valence electrons. The van der Waals surface area contributed by atoms with Crippen LogP contribution in [0.25, 0.3) is 11.1 Å². The molecular formula is C30H26F3N3O4. The van der Waals surface area contributed by atoms with Crippen LogP contribution in [0.3, 0.4) is 0 Å². The molecule has 0 saturated carbocycles. The fourth-order valence-corrected chi connectivity index (χ4v) is 4.82. The van der Waals surface area contributed by atoms with Gasteiger partial charge in [0.1, 0.15) is 0 Å². The summed E-state index contributed by atoms with van der Waals surface area (Å²) in [4.78, 5) is 34.2. The Labute approximate surface area is 228 Å². The van der Waals surface area contributed by atoms with Gasteiger partial charge in [0.2, 0.25) is 11.5 Å². The number of benzene rings is 2. The molecule has 0 spiro atoms. The Morgan fingerprint density at radius 2 is 1.65 bits per heavy atom. The molecule has 0 N–H and O–H groups in total. The van der Waals surface area contributed by atoms with Gasteiger partial charge in [0.05, 0.1) is 19.1 Å². The van der Waals surface area contributed by atoms with E-state index in [-0.39, 0.29) is 18.1 Å². The first-order valence-electron chi connectivity index (χ1n) is 12.8. The molecule has 0 atom stereocenters.